The van der Waals surface area contributed by atoms with Crippen LogP contribution >= 0.6 is 0 Å². The smallest absolute Gasteiger partial charge is 0.323 e. The van der Waals surface area contributed by atoms with Crippen LogP contribution in [0.2, 0.25) is 0 Å². The lowest BCUT2D eigenvalue weighted by Gasteiger charge is -2.19. The fourth-order valence-corrected chi connectivity index (χ4v) is 1.58. The lowest BCUT2D eigenvalue weighted by molar-refractivity contribution is -0.145. The highest BCUT2D eigenvalue weighted by Crippen LogP contribution is 2.26. The van der Waals surface area contributed by atoms with Crippen LogP contribution in [0.15, 0.2) is 18.5 Å². The van der Waals surface area contributed by atoms with Gasteiger partial charge < -0.3 is 10.0 Å². The maximum absolute atomic E-state index is 11.8. The van der Waals surface area contributed by atoms with Crippen molar-refractivity contribution in [1.29, 1.82) is 0 Å². The van der Waals surface area contributed by atoms with Gasteiger partial charge in [-0.3, -0.25) is 14.3 Å². The number of amides is 1. The fraction of sp³-hybridized carbons (Fsp3) is 0.500. The van der Waals surface area contributed by atoms with Gasteiger partial charge in [-0.1, -0.05) is 0 Å². The number of hydrogen-bond donors (Lipinski definition) is 1. The number of rotatable bonds is 5. The average molecular weight is 223 g/mol. The van der Waals surface area contributed by atoms with E-state index in [9.17, 15) is 9.59 Å². The molecule has 0 aromatic carbocycles. The van der Waals surface area contributed by atoms with Crippen LogP contribution in [0.1, 0.15) is 12.8 Å². The monoisotopic (exact) mass is 223 g/mol. The molecule has 0 bridgehead atoms. The molecular formula is C10H13N3O3. The molecule has 0 atom stereocenters. The van der Waals surface area contributed by atoms with E-state index in [1.165, 1.54) is 9.58 Å². The van der Waals surface area contributed by atoms with Crippen molar-refractivity contribution in [3.63, 3.8) is 0 Å². The van der Waals surface area contributed by atoms with Crippen LogP contribution in [0.25, 0.3) is 0 Å². The molecule has 1 amide bonds. The minimum Gasteiger partial charge on any atom is -0.480 e. The third kappa shape index (κ3) is 2.59. The minimum atomic E-state index is -0.972. The van der Waals surface area contributed by atoms with E-state index >= 15 is 0 Å². The summed E-state index contributed by atoms with van der Waals surface area (Å²) in [5.41, 5.74) is 0. The van der Waals surface area contributed by atoms with Crippen LogP contribution < -0.4 is 0 Å². The number of aliphatic carboxylic acids is 1. The Hall–Kier alpha value is -1.85. The summed E-state index contributed by atoms with van der Waals surface area (Å²) in [6.07, 6.45) is 5.08. The van der Waals surface area contributed by atoms with Crippen molar-refractivity contribution in [3.8, 4) is 0 Å². The van der Waals surface area contributed by atoms with E-state index in [1.54, 1.807) is 18.5 Å². The molecule has 1 saturated carbocycles. The molecule has 16 heavy (non-hydrogen) atoms. The molecule has 0 saturated heterocycles. The molecule has 6 heteroatoms. The second kappa shape index (κ2) is 4.34. The van der Waals surface area contributed by atoms with E-state index in [2.05, 4.69) is 5.10 Å². The van der Waals surface area contributed by atoms with E-state index in [0.29, 0.717) is 0 Å². The lowest BCUT2D eigenvalue weighted by Crippen LogP contribution is -2.39. The SMILES string of the molecule is O=C(O)CN(C(=O)Cn1cccn1)C1CC1. The Morgan fingerprint density at radius 2 is 2.25 bits per heavy atom. The van der Waals surface area contributed by atoms with Gasteiger partial charge in [0.2, 0.25) is 5.91 Å². The molecule has 1 heterocycles. The summed E-state index contributed by atoms with van der Waals surface area (Å²) in [6.45, 7) is -0.110. The van der Waals surface area contributed by atoms with Crippen LogP contribution in [-0.4, -0.2) is 44.3 Å². The Morgan fingerprint density at radius 3 is 2.75 bits per heavy atom. The Bertz CT molecular complexity index is 384. The zero-order chi connectivity index (χ0) is 11.5. The highest BCUT2D eigenvalue weighted by molar-refractivity contribution is 5.81. The summed E-state index contributed by atoms with van der Waals surface area (Å²) in [7, 11) is 0. The first-order valence-corrected chi connectivity index (χ1v) is 5.15. The first-order chi connectivity index (χ1) is 7.66. The summed E-state index contributed by atoms with van der Waals surface area (Å²) in [4.78, 5) is 23.9. The molecule has 0 unspecified atom stereocenters. The first-order valence-electron chi connectivity index (χ1n) is 5.15. The van der Waals surface area contributed by atoms with Crippen LogP contribution in [0.4, 0.5) is 0 Å². The summed E-state index contributed by atoms with van der Waals surface area (Å²) in [5.74, 6) is -1.16. The molecule has 1 aromatic heterocycles. The summed E-state index contributed by atoms with van der Waals surface area (Å²) in [6, 6.07) is 1.84. The highest BCUT2D eigenvalue weighted by Gasteiger charge is 2.33. The van der Waals surface area contributed by atoms with Crippen molar-refractivity contribution >= 4 is 11.9 Å². The quantitative estimate of drug-likeness (QED) is 0.760. The van der Waals surface area contributed by atoms with Crippen LogP contribution in [0.3, 0.4) is 0 Å². The predicted molar refractivity (Wildman–Crippen MR) is 54.6 cm³/mol. The number of carbonyl (C=O) groups is 2. The van der Waals surface area contributed by atoms with E-state index in [1.807, 2.05) is 0 Å². The fourth-order valence-electron chi connectivity index (χ4n) is 1.58. The first kappa shape index (κ1) is 10.7. The van der Waals surface area contributed by atoms with Crippen molar-refractivity contribution in [2.75, 3.05) is 6.54 Å². The van der Waals surface area contributed by atoms with Crippen molar-refractivity contribution in [2.45, 2.75) is 25.4 Å². The molecule has 1 aliphatic rings. The molecule has 0 spiro atoms. The second-order valence-corrected chi connectivity index (χ2v) is 3.85. The maximum Gasteiger partial charge on any atom is 0.323 e. The van der Waals surface area contributed by atoms with E-state index in [0.717, 1.165) is 12.8 Å². The minimum absolute atomic E-state index is 0.108. The van der Waals surface area contributed by atoms with Gasteiger partial charge >= 0.3 is 5.97 Å². The average Bonchev–Trinajstić information content (AvgIpc) is 2.94. The number of carbonyl (C=O) groups excluding carboxylic acids is 1. The Morgan fingerprint density at radius 1 is 1.50 bits per heavy atom. The van der Waals surface area contributed by atoms with Crippen molar-refractivity contribution < 1.29 is 14.7 Å². The third-order valence-electron chi connectivity index (χ3n) is 2.47. The van der Waals surface area contributed by atoms with Gasteiger partial charge in [0.05, 0.1) is 0 Å². The topological polar surface area (TPSA) is 75.4 Å². The van der Waals surface area contributed by atoms with Gasteiger partial charge in [0.15, 0.2) is 0 Å². The Kier molecular flexibility index (Phi) is 2.89. The van der Waals surface area contributed by atoms with Gasteiger partial charge in [-0.2, -0.15) is 5.10 Å². The third-order valence-corrected chi connectivity index (χ3v) is 2.47. The van der Waals surface area contributed by atoms with E-state index < -0.39 is 5.97 Å². The van der Waals surface area contributed by atoms with Gasteiger partial charge in [0.1, 0.15) is 13.1 Å². The molecule has 1 aromatic rings. The molecule has 86 valence electrons. The molecule has 1 N–H and O–H groups in total. The number of carboxylic acids is 1. The normalized spacial score (nSPS) is 14.8. The zero-order valence-electron chi connectivity index (χ0n) is 8.74. The molecule has 2 rings (SSSR count). The van der Waals surface area contributed by atoms with Crippen molar-refractivity contribution in [3.05, 3.63) is 18.5 Å². The summed E-state index contributed by atoms with van der Waals surface area (Å²) < 4.78 is 1.50. The lowest BCUT2D eigenvalue weighted by atomic mass is 10.4. The molecule has 0 radical (unpaired) electrons. The van der Waals surface area contributed by atoms with Gasteiger partial charge in [0, 0.05) is 18.4 Å². The standard InChI is InChI=1S/C10H13N3O3/c14-9(6-12-5-1-4-11-12)13(7-10(15)16)8-2-3-8/h1,4-5,8H,2-3,6-7H2,(H,15,16). The largest absolute Gasteiger partial charge is 0.480 e. The number of carboxylic acid groups (broad SMARTS) is 1. The van der Waals surface area contributed by atoms with Crippen LogP contribution in [-0.2, 0) is 16.1 Å². The number of aromatic nitrogens is 2. The van der Waals surface area contributed by atoms with Gasteiger partial charge in [-0.25, -0.2) is 0 Å². The van der Waals surface area contributed by atoms with Gasteiger partial charge in [0.25, 0.3) is 0 Å². The van der Waals surface area contributed by atoms with Crippen LogP contribution in [0.5, 0.6) is 0 Å². The van der Waals surface area contributed by atoms with Gasteiger partial charge in [-0.05, 0) is 18.9 Å². The van der Waals surface area contributed by atoms with E-state index in [-0.39, 0.29) is 25.0 Å². The number of nitrogens with zero attached hydrogens (tertiary/aromatic N) is 3. The van der Waals surface area contributed by atoms with Crippen LogP contribution in [0, 0.1) is 0 Å². The second-order valence-electron chi connectivity index (χ2n) is 3.85. The summed E-state index contributed by atoms with van der Waals surface area (Å²) >= 11 is 0. The predicted octanol–water partition coefficient (Wildman–Crippen LogP) is -0.0413. The van der Waals surface area contributed by atoms with Crippen molar-refractivity contribution in [2.24, 2.45) is 0 Å². The molecule has 0 aliphatic heterocycles. The Balaban J connectivity index is 1.97. The molecular weight excluding hydrogens is 210 g/mol. The molecule has 6 nitrogen and oxygen atoms in total. The number of hydrogen-bond acceptors (Lipinski definition) is 3. The van der Waals surface area contributed by atoms with E-state index in [4.69, 9.17) is 5.11 Å². The Labute approximate surface area is 92.5 Å². The summed E-state index contributed by atoms with van der Waals surface area (Å²) in [5, 5.41) is 12.6. The highest BCUT2D eigenvalue weighted by atomic mass is 16.4. The van der Waals surface area contributed by atoms with Gasteiger partial charge in [-0.15, -0.1) is 0 Å². The van der Waals surface area contributed by atoms with Crippen molar-refractivity contribution in [1.82, 2.24) is 14.7 Å². The zero-order valence-corrected chi connectivity index (χ0v) is 8.74. The molecule has 1 aliphatic carbocycles. The molecule has 1 fully saturated rings. The maximum atomic E-state index is 11.8.